The second-order valence-corrected chi connectivity index (χ2v) is 7.54. The van der Waals surface area contributed by atoms with Crippen molar-refractivity contribution in [3.63, 3.8) is 0 Å². The third kappa shape index (κ3) is 4.82. The maximum atomic E-state index is 12.4. The lowest BCUT2D eigenvalue weighted by atomic mass is 9.98. The number of methoxy groups -OCH3 is 1. The number of benzene rings is 2. The zero-order valence-electron chi connectivity index (χ0n) is 16.2. The molecule has 1 amide bonds. The van der Waals surface area contributed by atoms with Gasteiger partial charge in [-0.1, -0.05) is 30.3 Å². The fraction of sp³-hybridized carbons (Fsp3) is 0.318. The van der Waals surface area contributed by atoms with Gasteiger partial charge in [0.1, 0.15) is 11.4 Å². The molecule has 0 aliphatic heterocycles. The molecule has 0 saturated heterocycles. The van der Waals surface area contributed by atoms with Crippen LogP contribution in [-0.4, -0.2) is 23.8 Å². The molecule has 5 nitrogen and oxygen atoms in total. The number of aromatic amines is 1. The molecular formula is C22H26N2O3. The summed E-state index contributed by atoms with van der Waals surface area (Å²) >= 11 is 0. The smallest absolute Gasteiger partial charge is 0.408 e. The minimum atomic E-state index is -0.546. The van der Waals surface area contributed by atoms with Crippen molar-refractivity contribution in [3.05, 3.63) is 65.9 Å². The third-order valence-corrected chi connectivity index (χ3v) is 4.31. The van der Waals surface area contributed by atoms with Gasteiger partial charge in [0.2, 0.25) is 0 Å². The zero-order chi connectivity index (χ0) is 19.4. The van der Waals surface area contributed by atoms with E-state index in [2.05, 4.69) is 16.4 Å². The Morgan fingerprint density at radius 3 is 2.48 bits per heavy atom. The SMILES string of the molecule is COc1ccc(C(Cc2c[nH]c3ccccc23)NC(=O)OC(C)(C)C)cc1. The van der Waals surface area contributed by atoms with Crippen molar-refractivity contribution >= 4 is 17.0 Å². The number of aromatic nitrogens is 1. The molecule has 27 heavy (non-hydrogen) atoms. The van der Waals surface area contributed by atoms with E-state index in [1.807, 2.05) is 69.4 Å². The lowest BCUT2D eigenvalue weighted by Crippen LogP contribution is -2.35. The van der Waals surface area contributed by atoms with Crippen LogP contribution in [0.3, 0.4) is 0 Å². The molecule has 3 rings (SSSR count). The first kappa shape index (κ1) is 18.8. The van der Waals surface area contributed by atoms with E-state index in [1.54, 1.807) is 7.11 Å². The minimum Gasteiger partial charge on any atom is -0.497 e. The second kappa shape index (κ2) is 7.74. The first-order chi connectivity index (χ1) is 12.9. The minimum absolute atomic E-state index is 0.218. The Kier molecular flexibility index (Phi) is 5.40. The Morgan fingerprint density at radius 1 is 1.11 bits per heavy atom. The van der Waals surface area contributed by atoms with Crippen molar-refractivity contribution in [1.29, 1.82) is 0 Å². The van der Waals surface area contributed by atoms with Crippen LogP contribution in [0.25, 0.3) is 10.9 Å². The Bertz CT molecular complexity index is 907. The van der Waals surface area contributed by atoms with E-state index in [-0.39, 0.29) is 6.04 Å². The van der Waals surface area contributed by atoms with Crippen LogP contribution in [0.1, 0.15) is 37.9 Å². The number of hydrogen-bond donors (Lipinski definition) is 2. The number of carbonyl (C=O) groups is 1. The monoisotopic (exact) mass is 366 g/mol. The van der Waals surface area contributed by atoms with Crippen LogP contribution in [-0.2, 0) is 11.2 Å². The first-order valence-electron chi connectivity index (χ1n) is 9.04. The van der Waals surface area contributed by atoms with Gasteiger partial charge in [0.25, 0.3) is 0 Å². The molecule has 0 bridgehead atoms. The quantitative estimate of drug-likeness (QED) is 0.669. The number of carbonyl (C=O) groups excluding carboxylic acids is 1. The highest BCUT2D eigenvalue weighted by molar-refractivity contribution is 5.83. The summed E-state index contributed by atoms with van der Waals surface area (Å²) in [7, 11) is 1.64. The second-order valence-electron chi connectivity index (χ2n) is 7.54. The molecule has 1 unspecified atom stereocenters. The first-order valence-corrected chi connectivity index (χ1v) is 9.04. The number of ether oxygens (including phenoxy) is 2. The molecule has 142 valence electrons. The molecule has 2 N–H and O–H groups in total. The van der Waals surface area contributed by atoms with Crippen LogP contribution in [0.15, 0.2) is 54.7 Å². The number of nitrogens with one attached hydrogen (secondary N) is 2. The summed E-state index contributed by atoms with van der Waals surface area (Å²) in [6.45, 7) is 5.57. The van der Waals surface area contributed by atoms with Crippen LogP contribution in [0, 0.1) is 0 Å². The number of amides is 1. The van der Waals surface area contributed by atoms with Gasteiger partial charge in [-0.2, -0.15) is 0 Å². The Morgan fingerprint density at radius 2 is 1.81 bits per heavy atom. The average molecular weight is 366 g/mol. The van der Waals surface area contributed by atoms with Gasteiger partial charge in [-0.15, -0.1) is 0 Å². The number of alkyl carbamates (subject to hydrolysis) is 1. The molecule has 0 aliphatic carbocycles. The molecule has 5 heteroatoms. The van der Waals surface area contributed by atoms with E-state index in [1.165, 1.54) is 0 Å². The lowest BCUT2D eigenvalue weighted by Gasteiger charge is -2.24. The summed E-state index contributed by atoms with van der Waals surface area (Å²) in [6.07, 6.45) is 2.22. The van der Waals surface area contributed by atoms with Gasteiger partial charge in [-0.25, -0.2) is 4.79 Å². The van der Waals surface area contributed by atoms with Crippen molar-refractivity contribution in [1.82, 2.24) is 10.3 Å². The van der Waals surface area contributed by atoms with Crippen molar-refractivity contribution in [2.24, 2.45) is 0 Å². The van der Waals surface area contributed by atoms with Gasteiger partial charge < -0.3 is 19.8 Å². The molecule has 0 spiro atoms. The van der Waals surface area contributed by atoms with E-state index in [9.17, 15) is 4.79 Å². The summed E-state index contributed by atoms with van der Waals surface area (Å²) in [5.74, 6) is 0.780. The highest BCUT2D eigenvalue weighted by Gasteiger charge is 2.22. The maximum Gasteiger partial charge on any atom is 0.408 e. The largest absolute Gasteiger partial charge is 0.497 e. The summed E-state index contributed by atoms with van der Waals surface area (Å²) < 4.78 is 10.7. The van der Waals surface area contributed by atoms with Crippen LogP contribution in [0.2, 0.25) is 0 Å². The van der Waals surface area contributed by atoms with E-state index >= 15 is 0 Å². The summed E-state index contributed by atoms with van der Waals surface area (Å²) in [5.41, 5.74) is 2.67. The molecule has 1 heterocycles. The maximum absolute atomic E-state index is 12.4. The van der Waals surface area contributed by atoms with E-state index < -0.39 is 11.7 Å². The standard InChI is InChI=1S/C22H26N2O3/c1-22(2,3)27-21(25)24-20(15-9-11-17(26-4)12-10-15)13-16-14-23-19-8-6-5-7-18(16)19/h5-12,14,20,23H,13H2,1-4H3,(H,24,25). The normalized spacial score (nSPS) is 12.6. The molecule has 0 saturated carbocycles. The number of rotatable bonds is 5. The molecular weight excluding hydrogens is 340 g/mol. The van der Waals surface area contributed by atoms with Crippen LogP contribution >= 0.6 is 0 Å². The van der Waals surface area contributed by atoms with Crippen molar-refractivity contribution < 1.29 is 14.3 Å². The van der Waals surface area contributed by atoms with Crippen LogP contribution in [0.5, 0.6) is 5.75 Å². The molecule has 3 aromatic rings. The zero-order valence-corrected chi connectivity index (χ0v) is 16.2. The van der Waals surface area contributed by atoms with Gasteiger partial charge in [0.05, 0.1) is 13.2 Å². The van der Waals surface area contributed by atoms with Gasteiger partial charge >= 0.3 is 6.09 Å². The predicted molar refractivity (Wildman–Crippen MR) is 107 cm³/mol. The predicted octanol–water partition coefficient (Wildman–Crippen LogP) is 4.99. The van der Waals surface area contributed by atoms with Crippen LogP contribution in [0.4, 0.5) is 4.79 Å². The van der Waals surface area contributed by atoms with Crippen molar-refractivity contribution in [3.8, 4) is 5.75 Å². The Hall–Kier alpha value is -2.95. The number of H-pyrrole nitrogens is 1. The van der Waals surface area contributed by atoms with Gasteiger partial charge in [0, 0.05) is 17.1 Å². The number of hydrogen-bond acceptors (Lipinski definition) is 3. The topological polar surface area (TPSA) is 63.3 Å². The molecule has 2 aromatic carbocycles. The van der Waals surface area contributed by atoms with E-state index in [0.717, 1.165) is 27.8 Å². The third-order valence-electron chi connectivity index (χ3n) is 4.31. The number of fused-ring (bicyclic) bond motifs is 1. The van der Waals surface area contributed by atoms with Crippen molar-refractivity contribution in [2.75, 3.05) is 7.11 Å². The molecule has 1 atom stereocenters. The fourth-order valence-electron chi connectivity index (χ4n) is 3.06. The highest BCUT2D eigenvalue weighted by Crippen LogP contribution is 2.26. The Balaban J connectivity index is 1.87. The van der Waals surface area contributed by atoms with Crippen LogP contribution < -0.4 is 10.1 Å². The fourth-order valence-corrected chi connectivity index (χ4v) is 3.06. The van der Waals surface area contributed by atoms with Gasteiger partial charge in [-0.3, -0.25) is 0 Å². The molecule has 0 aliphatic rings. The highest BCUT2D eigenvalue weighted by atomic mass is 16.6. The van der Waals surface area contributed by atoms with Gasteiger partial charge in [-0.05, 0) is 56.5 Å². The lowest BCUT2D eigenvalue weighted by molar-refractivity contribution is 0.0503. The summed E-state index contributed by atoms with van der Waals surface area (Å²) in [5, 5.41) is 4.17. The molecule has 0 radical (unpaired) electrons. The number of para-hydroxylation sites is 1. The molecule has 1 aromatic heterocycles. The summed E-state index contributed by atoms with van der Waals surface area (Å²) in [6, 6.07) is 15.7. The summed E-state index contributed by atoms with van der Waals surface area (Å²) in [4.78, 5) is 15.7. The Labute approximate surface area is 159 Å². The average Bonchev–Trinajstić information content (AvgIpc) is 3.03. The van der Waals surface area contributed by atoms with E-state index in [4.69, 9.17) is 9.47 Å². The molecule has 0 fully saturated rings. The van der Waals surface area contributed by atoms with Gasteiger partial charge in [0.15, 0.2) is 0 Å². The van der Waals surface area contributed by atoms with E-state index in [0.29, 0.717) is 6.42 Å². The van der Waals surface area contributed by atoms with Crippen molar-refractivity contribution in [2.45, 2.75) is 38.8 Å².